The van der Waals surface area contributed by atoms with Crippen molar-refractivity contribution in [1.29, 1.82) is 0 Å². The lowest BCUT2D eigenvalue weighted by Gasteiger charge is -2.36. The Morgan fingerprint density at radius 2 is 1.81 bits per heavy atom. The third-order valence-corrected chi connectivity index (χ3v) is 5.65. The highest BCUT2D eigenvalue weighted by molar-refractivity contribution is 5.90. The molecule has 4 heterocycles. The van der Waals surface area contributed by atoms with Crippen LogP contribution in [0.25, 0.3) is 0 Å². The number of carbonyl (C=O) groups excluding carboxylic acids is 1. The summed E-state index contributed by atoms with van der Waals surface area (Å²) in [4.78, 5) is 14.7. The number of alkyl halides is 1. The molecule has 2 aliphatic rings. The monoisotopic (exact) mass is 448 g/mol. The number of piperidine rings is 1. The molecule has 0 bridgehead atoms. The van der Waals surface area contributed by atoms with Crippen molar-refractivity contribution in [1.82, 2.24) is 30.0 Å². The normalized spacial score (nSPS) is 23.6. The summed E-state index contributed by atoms with van der Waals surface area (Å²) in [7, 11) is 0. The minimum atomic E-state index is -1.38. The SMILES string of the molecule is O=C1O[C@@H](Cn2ccnn2)CN1c1cc(F)c(N2CCC(n3ccnn3)C(F)C2)c(F)c1. The fourth-order valence-electron chi connectivity index (χ4n) is 4.16. The Bertz CT molecular complexity index is 1070. The first kappa shape index (κ1) is 20.3. The Kier molecular flexibility index (Phi) is 5.15. The molecule has 13 heteroatoms. The van der Waals surface area contributed by atoms with E-state index in [0.29, 0.717) is 6.42 Å². The van der Waals surface area contributed by atoms with Gasteiger partial charge < -0.3 is 9.64 Å². The van der Waals surface area contributed by atoms with Crippen LogP contribution in [0.3, 0.4) is 0 Å². The maximum atomic E-state index is 14.9. The largest absolute Gasteiger partial charge is 0.442 e. The summed E-state index contributed by atoms with van der Waals surface area (Å²) >= 11 is 0. The molecule has 32 heavy (non-hydrogen) atoms. The number of carbonyl (C=O) groups is 1. The van der Waals surface area contributed by atoms with Crippen LogP contribution in [0.2, 0.25) is 0 Å². The van der Waals surface area contributed by atoms with Gasteiger partial charge in [0.05, 0.1) is 43.8 Å². The van der Waals surface area contributed by atoms with Crippen LogP contribution >= 0.6 is 0 Å². The topological polar surface area (TPSA) is 94.2 Å². The van der Waals surface area contributed by atoms with Crippen LogP contribution in [0.15, 0.2) is 36.9 Å². The summed E-state index contributed by atoms with van der Waals surface area (Å²) in [6.45, 7) is 0.421. The molecule has 0 spiro atoms. The molecule has 2 saturated heterocycles. The molecule has 10 nitrogen and oxygen atoms in total. The van der Waals surface area contributed by atoms with Crippen molar-refractivity contribution in [3.8, 4) is 0 Å². The van der Waals surface area contributed by atoms with E-state index in [1.165, 1.54) is 26.7 Å². The van der Waals surface area contributed by atoms with E-state index in [0.717, 1.165) is 17.0 Å². The lowest BCUT2D eigenvalue weighted by atomic mass is 10.0. The van der Waals surface area contributed by atoms with Gasteiger partial charge in [-0.2, -0.15) is 0 Å². The van der Waals surface area contributed by atoms with Crippen LogP contribution < -0.4 is 9.80 Å². The number of amides is 1. The Morgan fingerprint density at radius 3 is 2.47 bits per heavy atom. The van der Waals surface area contributed by atoms with Gasteiger partial charge in [0.1, 0.15) is 18.0 Å². The lowest BCUT2D eigenvalue weighted by Crippen LogP contribution is -2.43. The summed E-state index contributed by atoms with van der Waals surface area (Å²) < 4.78 is 52.8. The van der Waals surface area contributed by atoms with Crippen molar-refractivity contribution in [2.45, 2.75) is 31.3 Å². The van der Waals surface area contributed by atoms with Gasteiger partial charge in [-0.25, -0.2) is 27.3 Å². The van der Waals surface area contributed by atoms with Gasteiger partial charge in [-0.3, -0.25) is 4.90 Å². The zero-order valence-corrected chi connectivity index (χ0v) is 16.8. The number of cyclic esters (lactones) is 1. The smallest absolute Gasteiger partial charge is 0.414 e. The van der Waals surface area contributed by atoms with Gasteiger partial charge in [0.2, 0.25) is 0 Å². The predicted octanol–water partition coefficient (Wildman–Crippen LogP) is 1.96. The van der Waals surface area contributed by atoms with Crippen molar-refractivity contribution in [2.75, 3.05) is 29.4 Å². The molecule has 3 aromatic rings. The first-order valence-corrected chi connectivity index (χ1v) is 10.1. The van der Waals surface area contributed by atoms with E-state index in [1.54, 1.807) is 12.4 Å². The molecule has 0 saturated carbocycles. The highest BCUT2D eigenvalue weighted by Gasteiger charge is 2.36. The van der Waals surface area contributed by atoms with E-state index < -0.39 is 36.0 Å². The summed E-state index contributed by atoms with van der Waals surface area (Å²) in [5.41, 5.74) is -0.288. The number of halogens is 3. The Morgan fingerprint density at radius 1 is 1.06 bits per heavy atom. The number of rotatable bonds is 5. The summed E-state index contributed by atoms with van der Waals surface area (Å²) in [6.07, 6.45) is 3.81. The second kappa shape index (κ2) is 8.13. The molecular formula is C19H19F3N8O2. The van der Waals surface area contributed by atoms with Crippen molar-refractivity contribution in [3.63, 3.8) is 0 Å². The highest BCUT2D eigenvalue weighted by Crippen LogP contribution is 2.34. The van der Waals surface area contributed by atoms with E-state index in [2.05, 4.69) is 20.6 Å². The minimum Gasteiger partial charge on any atom is -0.442 e. The average molecular weight is 448 g/mol. The standard InChI is InChI=1S/C19H19F3N8O2/c20-14-7-12(29-10-13(32-19(29)31)9-28-5-2-23-25-28)8-15(21)18(14)27-4-1-17(16(22)11-27)30-6-3-24-26-30/h2-3,5-8,13,16-17H,1,4,9-11H2/t13-,16?,17?/m0/s1. The average Bonchev–Trinajstić information content (AvgIpc) is 3.51. The summed E-state index contributed by atoms with van der Waals surface area (Å²) in [6, 6.07) is 1.59. The quantitative estimate of drug-likeness (QED) is 0.589. The molecule has 2 aromatic heterocycles. The molecule has 1 aromatic carbocycles. The zero-order chi connectivity index (χ0) is 22.2. The van der Waals surface area contributed by atoms with Gasteiger partial charge in [-0.15, -0.1) is 10.2 Å². The van der Waals surface area contributed by atoms with E-state index in [-0.39, 0.29) is 37.6 Å². The van der Waals surface area contributed by atoms with Gasteiger partial charge in [0, 0.05) is 31.1 Å². The van der Waals surface area contributed by atoms with Crippen molar-refractivity contribution < 1.29 is 22.7 Å². The third kappa shape index (κ3) is 3.74. The molecule has 2 aliphatic heterocycles. The van der Waals surface area contributed by atoms with Crippen LogP contribution in [0.4, 0.5) is 29.3 Å². The Balaban J connectivity index is 1.31. The second-order valence-electron chi connectivity index (χ2n) is 7.70. The number of ether oxygens (including phenoxy) is 1. The Hall–Kier alpha value is -3.64. The molecule has 168 valence electrons. The number of nitrogens with zero attached hydrogens (tertiary/aromatic N) is 8. The molecule has 2 unspecified atom stereocenters. The zero-order valence-electron chi connectivity index (χ0n) is 16.8. The van der Waals surface area contributed by atoms with Crippen LogP contribution in [-0.4, -0.2) is 68.0 Å². The summed E-state index contributed by atoms with van der Waals surface area (Å²) in [5.74, 6) is -1.75. The minimum absolute atomic E-state index is 0.0316. The second-order valence-corrected chi connectivity index (χ2v) is 7.70. The van der Waals surface area contributed by atoms with E-state index in [9.17, 15) is 18.0 Å². The molecule has 0 radical (unpaired) electrons. The third-order valence-electron chi connectivity index (χ3n) is 5.65. The van der Waals surface area contributed by atoms with Crippen molar-refractivity contribution in [3.05, 3.63) is 48.6 Å². The van der Waals surface area contributed by atoms with E-state index in [1.807, 2.05) is 0 Å². The van der Waals surface area contributed by atoms with Gasteiger partial charge >= 0.3 is 6.09 Å². The van der Waals surface area contributed by atoms with E-state index in [4.69, 9.17) is 4.74 Å². The lowest BCUT2D eigenvalue weighted by molar-refractivity contribution is 0.129. The maximum Gasteiger partial charge on any atom is 0.414 e. The molecule has 1 amide bonds. The Labute approximate surface area is 180 Å². The number of benzene rings is 1. The van der Waals surface area contributed by atoms with Gasteiger partial charge in [-0.05, 0) is 6.42 Å². The van der Waals surface area contributed by atoms with Crippen molar-refractivity contribution in [2.24, 2.45) is 0 Å². The fourth-order valence-corrected chi connectivity index (χ4v) is 4.16. The molecule has 5 rings (SSSR count). The molecule has 2 fully saturated rings. The highest BCUT2D eigenvalue weighted by atomic mass is 19.1. The predicted molar refractivity (Wildman–Crippen MR) is 105 cm³/mol. The first-order valence-electron chi connectivity index (χ1n) is 10.1. The molecule has 3 atom stereocenters. The van der Waals surface area contributed by atoms with Crippen LogP contribution in [-0.2, 0) is 11.3 Å². The number of anilines is 2. The maximum absolute atomic E-state index is 14.9. The number of hydrogen-bond acceptors (Lipinski definition) is 7. The van der Waals surface area contributed by atoms with Crippen molar-refractivity contribution >= 4 is 17.5 Å². The van der Waals surface area contributed by atoms with Crippen LogP contribution in [0.1, 0.15) is 12.5 Å². The van der Waals surface area contributed by atoms with Gasteiger partial charge in [0.15, 0.2) is 11.6 Å². The first-order chi connectivity index (χ1) is 15.5. The fraction of sp³-hybridized carbons (Fsp3) is 0.421. The molecule has 0 aliphatic carbocycles. The van der Waals surface area contributed by atoms with E-state index >= 15 is 0 Å². The molecular weight excluding hydrogens is 429 g/mol. The number of hydrogen-bond donors (Lipinski definition) is 0. The van der Waals surface area contributed by atoms with Gasteiger partial charge in [0.25, 0.3) is 0 Å². The van der Waals surface area contributed by atoms with Gasteiger partial charge in [-0.1, -0.05) is 10.4 Å². The molecule has 0 N–H and O–H groups in total. The van der Waals surface area contributed by atoms with Crippen LogP contribution in [0, 0.1) is 11.6 Å². The van der Waals surface area contributed by atoms with Crippen LogP contribution in [0.5, 0.6) is 0 Å². The number of aromatic nitrogens is 6. The summed E-state index contributed by atoms with van der Waals surface area (Å²) in [5, 5.41) is 15.0.